The van der Waals surface area contributed by atoms with Gasteiger partial charge in [0.1, 0.15) is 0 Å². The predicted octanol–water partition coefficient (Wildman–Crippen LogP) is -0.0775. The van der Waals surface area contributed by atoms with Gasteiger partial charge in [0.05, 0.1) is 13.0 Å². The molecule has 16 heavy (non-hydrogen) atoms. The fraction of sp³-hybridized carbons (Fsp3) is 0.636. The van der Waals surface area contributed by atoms with Crippen LogP contribution in [0.25, 0.3) is 0 Å². The van der Waals surface area contributed by atoms with Crippen LogP contribution in [0.3, 0.4) is 0 Å². The summed E-state index contributed by atoms with van der Waals surface area (Å²) in [6.07, 6.45) is 6.03. The van der Waals surface area contributed by atoms with Gasteiger partial charge in [-0.1, -0.05) is 5.92 Å². The first-order chi connectivity index (χ1) is 7.56. The van der Waals surface area contributed by atoms with E-state index in [1.54, 1.807) is 0 Å². The van der Waals surface area contributed by atoms with Gasteiger partial charge in [-0.15, -0.1) is 6.42 Å². The van der Waals surface area contributed by atoms with E-state index in [9.17, 15) is 9.59 Å². The lowest BCUT2D eigenvalue weighted by Crippen LogP contribution is -2.31. The summed E-state index contributed by atoms with van der Waals surface area (Å²) in [5.74, 6) is 1.60. The molecule has 0 rings (SSSR count). The fourth-order valence-corrected chi connectivity index (χ4v) is 1.22. The maximum absolute atomic E-state index is 10.6. The van der Waals surface area contributed by atoms with Gasteiger partial charge in [0.15, 0.2) is 0 Å². The van der Waals surface area contributed by atoms with E-state index in [1.165, 1.54) is 6.92 Å². The largest absolute Gasteiger partial charge is 0.481 e. The van der Waals surface area contributed by atoms with Crippen LogP contribution in [-0.4, -0.2) is 48.1 Å². The van der Waals surface area contributed by atoms with Gasteiger partial charge in [-0.25, -0.2) is 0 Å². The lowest BCUT2D eigenvalue weighted by Gasteiger charge is -2.18. The smallest absolute Gasteiger partial charge is 0.304 e. The molecule has 0 unspecified atom stereocenters. The Morgan fingerprint density at radius 1 is 1.44 bits per heavy atom. The molecule has 0 saturated heterocycles. The van der Waals surface area contributed by atoms with Crippen molar-refractivity contribution in [3.05, 3.63) is 0 Å². The fourth-order valence-electron chi connectivity index (χ4n) is 1.22. The highest BCUT2D eigenvalue weighted by Gasteiger charge is 2.05. The van der Waals surface area contributed by atoms with E-state index in [4.69, 9.17) is 11.5 Å². The number of carboxylic acids is 1. The molecule has 2 N–H and O–H groups in total. The van der Waals surface area contributed by atoms with E-state index >= 15 is 0 Å². The van der Waals surface area contributed by atoms with Gasteiger partial charge >= 0.3 is 5.97 Å². The molecule has 0 aromatic heterocycles. The number of aliphatic carboxylic acids is 1. The Morgan fingerprint density at radius 3 is 2.62 bits per heavy atom. The summed E-state index contributed by atoms with van der Waals surface area (Å²) in [6, 6.07) is 0. The quantitative estimate of drug-likeness (QED) is 0.449. The van der Waals surface area contributed by atoms with Gasteiger partial charge in [-0.2, -0.15) is 0 Å². The van der Waals surface area contributed by atoms with Crippen molar-refractivity contribution in [2.75, 3.05) is 26.2 Å². The molecule has 0 spiro atoms. The number of nitrogens with zero attached hydrogens (tertiary/aromatic N) is 1. The summed E-state index contributed by atoms with van der Waals surface area (Å²) in [4.78, 5) is 22.9. The molecule has 0 bridgehead atoms. The minimum Gasteiger partial charge on any atom is -0.481 e. The number of carbonyl (C=O) groups excluding carboxylic acids is 1. The molecule has 0 radical (unpaired) electrons. The van der Waals surface area contributed by atoms with E-state index in [-0.39, 0.29) is 12.3 Å². The molecular weight excluding hydrogens is 208 g/mol. The molecule has 0 aliphatic carbocycles. The number of carboxylic acid groups (broad SMARTS) is 1. The highest BCUT2D eigenvalue weighted by atomic mass is 16.4. The molecule has 0 aliphatic rings. The highest BCUT2D eigenvalue weighted by Crippen LogP contribution is 1.93. The average Bonchev–Trinajstić information content (AvgIpc) is 2.20. The highest BCUT2D eigenvalue weighted by molar-refractivity contribution is 5.72. The second kappa shape index (κ2) is 8.74. The molecule has 0 fully saturated rings. The minimum atomic E-state index is -0.830. The van der Waals surface area contributed by atoms with Gasteiger partial charge in [-0.05, 0) is 6.42 Å². The lowest BCUT2D eigenvalue weighted by atomic mass is 10.3. The van der Waals surface area contributed by atoms with Crippen molar-refractivity contribution in [1.29, 1.82) is 0 Å². The summed E-state index contributed by atoms with van der Waals surface area (Å²) < 4.78 is 0. The molecule has 5 nitrogen and oxygen atoms in total. The van der Waals surface area contributed by atoms with Crippen molar-refractivity contribution in [1.82, 2.24) is 10.2 Å². The Morgan fingerprint density at radius 2 is 2.12 bits per heavy atom. The van der Waals surface area contributed by atoms with Gasteiger partial charge in [0.25, 0.3) is 0 Å². The zero-order valence-corrected chi connectivity index (χ0v) is 9.53. The van der Waals surface area contributed by atoms with Crippen LogP contribution in [0.5, 0.6) is 0 Å². The van der Waals surface area contributed by atoms with Gasteiger partial charge in [0.2, 0.25) is 5.91 Å². The monoisotopic (exact) mass is 226 g/mol. The third-order valence-electron chi connectivity index (χ3n) is 1.98. The van der Waals surface area contributed by atoms with Gasteiger partial charge < -0.3 is 10.4 Å². The molecule has 0 saturated carbocycles. The van der Waals surface area contributed by atoms with E-state index < -0.39 is 5.97 Å². The third kappa shape index (κ3) is 9.03. The summed E-state index contributed by atoms with van der Waals surface area (Å²) in [5.41, 5.74) is 0. The second-order valence-corrected chi connectivity index (χ2v) is 3.46. The van der Waals surface area contributed by atoms with Crippen LogP contribution in [0.15, 0.2) is 0 Å². The Bertz CT molecular complexity index is 271. The zero-order chi connectivity index (χ0) is 12.4. The number of amides is 1. The molecule has 0 heterocycles. The SMILES string of the molecule is C#CCN(CCCNC(C)=O)CCC(=O)O. The molecule has 5 heteroatoms. The maximum Gasteiger partial charge on any atom is 0.304 e. The van der Waals surface area contributed by atoms with Crippen molar-refractivity contribution in [2.45, 2.75) is 19.8 Å². The Hall–Kier alpha value is -1.54. The summed E-state index contributed by atoms with van der Waals surface area (Å²) >= 11 is 0. The van der Waals surface area contributed by atoms with Crippen molar-refractivity contribution in [3.8, 4) is 12.3 Å². The molecule has 90 valence electrons. The minimum absolute atomic E-state index is 0.0611. The summed E-state index contributed by atoms with van der Waals surface area (Å²) in [5, 5.41) is 11.2. The molecule has 1 amide bonds. The standard InChI is InChI=1S/C11H18N2O3/c1-3-7-13(9-5-11(15)16)8-4-6-12-10(2)14/h1H,4-9H2,2H3,(H,12,14)(H,15,16). The molecular formula is C11H18N2O3. The van der Waals surface area contributed by atoms with Gasteiger partial charge in [0, 0.05) is 26.6 Å². The predicted molar refractivity (Wildman–Crippen MR) is 60.8 cm³/mol. The molecule has 0 aromatic carbocycles. The number of terminal acetylenes is 1. The number of hydrogen-bond donors (Lipinski definition) is 2. The van der Waals surface area contributed by atoms with E-state index in [1.807, 2.05) is 4.90 Å². The van der Waals surface area contributed by atoms with Crippen molar-refractivity contribution < 1.29 is 14.7 Å². The normalized spacial score (nSPS) is 9.81. The van der Waals surface area contributed by atoms with Crippen molar-refractivity contribution >= 4 is 11.9 Å². The Kier molecular flexibility index (Phi) is 7.90. The van der Waals surface area contributed by atoms with Gasteiger partial charge in [-0.3, -0.25) is 14.5 Å². The first kappa shape index (κ1) is 14.5. The van der Waals surface area contributed by atoms with Crippen LogP contribution in [0.4, 0.5) is 0 Å². The van der Waals surface area contributed by atoms with Crippen molar-refractivity contribution in [3.63, 3.8) is 0 Å². The van der Waals surface area contributed by atoms with E-state index in [0.717, 1.165) is 6.42 Å². The van der Waals surface area contributed by atoms with E-state index in [0.29, 0.717) is 26.2 Å². The van der Waals surface area contributed by atoms with Crippen LogP contribution in [0.1, 0.15) is 19.8 Å². The van der Waals surface area contributed by atoms with Crippen LogP contribution >= 0.6 is 0 Å². The van der Waals surface area contributed by atoms with Crippen LogP contribution in [0.2, 0.25) is 0 Å². The first-order valence-corrected chi connectivity index (χ1v) is 5.18. The first-order valence-electron chi connectivity index (χ1n) is 5.18. The maximum atomic E-state index is 10.6. The van der Waals surface area contributed by atoms with Crippen molar-refractivity contribution in [2.24, 2.45) is 0 Å². The summed E-state index contributed by atoms with van der Waals surface area (Å²) in [7, 11) is 0. The number of rotatable bonds is 8. The summed E-state index contributed by atoms with van der Waals surface area (Å²) in [6.45, 7) is 3.62. The Balaban J connectivity index is 3.72. The number of hydrogen-bond acceptors (Lipinski definition) is 3. The third-order valence-corrected chi connectivity index (χ3v) is 1.98. The zero-order valence-electron chi connectivity index (χ0n) is 9.53. The molecule has 0 aliphatic heterocycles. The molecule has 0 aromatic rings. The number of carbonyl (C=O) groups is 2. The van der Waals surface area contributed by atoms with Crippen LogP contribution < -0.4 is 5.32 Å². The molecule has 0 atom stereocenters. The Labute approximate surface area is 95.8 Å². The lowest BCUT2D eigenvalue weighted by molar-refractivity contribution is -0.137. The average molecular weight is 226 g/mol. The van der Waals surface area contributed by atoms with Crippen LogP contribution in [0, 0.1) is 12.3 Å². The van der Waals surface area contributed by atoms with Crippen LogP contribution in [-0.2, 0) is 9.59 Å². The number of nitrogens with one attached hydrogen (secondary N) is 1. The van der Waals surface area contributed by atoms with E-state index in [2.05, 4.69) is 11.2 Å². The second-order valence-electron chi connectivity index (χ2n) is 3.46. The topological polar surface area (TPSA) is 69.6 Å².